The van der Waals surface area contributed by atoms with Gasteiger partial charge < -0.3 is 11.5 Å². The largest absolute Gasteiger partial charge is 0.370 e. The lowest BCUT2D eigenvalue weighted by Gasteiger charge is -2.13. The third-order valence-corrected chi connectivity index (χ3v) is 1.91. The summed E-state index contributed by atoms with van der Waals surface area (Å²) in [6, 6.07) is 9.49. The minimum atomic E-state index is -0.182. The van der Waals surface area contributed by atoms with Gasteiger partial charge in [-0.05, 0) is 5.56 Å². The number of halogens is 2. The molecule has 1 aromatic rings. The first-order valence-electron chi connectivity index (χ1n) is 4.25. The highest BCUT2D eigenvalue weighted by atomic mass is 35.5. The van der Waals surface area contributed by atoms with E-state index in [2.05, 4.69) is 4.99 Å². The lowest BCUT2D eigenvalue weighted by Crippen LogP contribution is -2.28. The lowest BCUT2D eigenvalue weighted by atomic mass is 10.2. The molecule has 16 heavy (non-hydrogen) atoms. The molecule has 0 aliphatic rings. The van der Waals surface area contributed by atoms with Gasteiger partial charge in [0.05, 0.1) is 6.54 Å². The quantitative estimate of drug-likeness (QED) is 0.426. The second kappa shape index (κ2) is 6.92. The molecule has 5 nitrogen and oxygen atoms in total. The summed E-state index contributed by atoms with van der Waals surface area (Å²) in [4.78, 5) is 3.52. The topological polar surface area (TPSA) is 91.5 Å². The van der Waals surface area contributed by atoms with Crippen molar-refractivity contribution in [2.24, 2.45) is 16.5 Å². The monoisotopic (exact) mass is 261 g/mol. The SMILES string of the molecule is Cl.N=C(N=C(N)N)N(Cl)Cc1ccccc1. The molecular weight excluding hydrogens is 249 g/mol. The molecule has 0 radical (unpaired) electrons. The van der Waals surface area contributed by atoms with Crippen LogP contribution >= 0.6 is 24.2 Å². The van der Waals surface area contributed by atoms with E-state index in [1.165, 1.54) is 0 Å². The molecular formula is C9H13Cl2N5. The van der Waals surface area contributed by atoms with Crippen molar-refractivity contribution in [2.75, 3.05) is 0 Å². The van der Waals surface area contributed by atoms with Crippen LogP contribution in [-0.2, 0) is 6.54 Å². The maximum absolute atomic E-state index is 7.42. The predicted molar refractivity (Wildman–Crippen MR) is 68.6 cm³/mol. The molecule has 5 N–H and O–H groups in total. The van der Waals surface area contributed by atoms with E-state index >= 15 is 0 Å². The standard InChI is InChI=1S/C9H12ClN5.ClH/c10-15(9(13)14-8(11)12)6-7-4-2-1-3-5-7;/h1-5H,6H2,(H5,11,12,13,14);1H. The fourth-order valence-corrected chi connectivity index (χ4v) is 1.17. The van der Waals surface area contributed by atoms with Crippen LogP contribution in [0.1, 0.15) is 5.56 Å². The molecule has 0 aliphatic carbocycles. The Morgan fingerprint density at radius 1 is 1.31 bits per heavy atom. The summed E-state index contributed by atoms with van der Waals surface area (Å²) in [5.41, 5.74) is 11.2. The number of nitrogens with zero attached hydrogens (tertiary/aromatic N) is 2. The van der Waals surface area contributed by atoms with Crippen molar-refractivity contribution >= 4 is 36.1 Å². The minimum absolute atomic E-state index is 0. The smallest absolute Gasteiger partial charge is 0.236 e. The molecule has 0 aromatic heterocycles. The zero-order valence-electron chi connectivity index (χ0n) is 8.43. The van der Waals surface area contributed by atoms with Gasteiger partial charge in [-0.3, -0.25) is 5.41 Å². The molecule has 0 atom stereocenters. The van der Waals surface area contributed by atoms with Crippen LogP contribution < -0.4 is 11.5 Å². The Hall–Kier alpha value is -1.46. The maximum atomic E-state index is 7.42. The second-order valence-electron chi connectivity index (χ2n) is 2.87. The number of aliphatic imine (C=N–C) groups is 1. The van der Waals surface area contributed by atoms with Crippen LogP contribution in [0.5, 0.6) is 0 Å². The summed E-state index contributed by atoms with van der Waals surface area (Å²) < 4.78 is 1.13. The van der Waals surface area contributed by atoms with Gasteiger partial charge in [-0.1, -0.05) is 30.3 Å². The van der Waals surface area contributed by atoms with Gasteiger partial charge in [0.2, 0.25) is 5.96 Å². The molecule has 0 heterocycles. The Bertz CT molecular complexity index is 361. The number of nitrogens with two attached hydrogens (primary N) is 2. The highest BCUT2D eigenvalue weighted by Gasteiger charge is 2.06. The van der Waals surface area contributed by atoms with Crippen molar-refractivity contribution < 1.29 is 0 Å². The average Bonchev–Trinajstić information content (AvgIpc) is 2.18. The fourth-order valence-electron chi connectivity index (χ4n) is 0.995. The highest BCUT2D eigenvalue weighted by molar-refractivity contribution is 6.22. The van der Waals surface area contributed by atoms with E-state index < -0.39 is 0 Å². The number of hydrogen-bond donors (Lipinski definition) is 3. The van der Waals surface area contributed by atoms with Crippen molar-refractivity contribution in [1.29, 1.82) is 5.41 Å². The van der Waals surface area contributed by atoms with Gasteiger partial charge in [0.15, 0.2) is 5.96 Å². The molecule has 0 fully saturated rings. The van der Waals surface area contributed by atoms with Crippen LogP contribution in [0.2, 0.25) is 0 Å². The Morgan fingerprint density at radius 3 is 2.38 bits per heavy atom. The van der Waals surface area contributed by atoms with Gasteiger partial charge in [0.25, 0.3) is 0 Å². The van der Waals surface area contributed by atoms with Gasteiger partial charge in [-0.15, -0.1) is 12.4 Å². The number of hydrogen-bond acceptors (Lipinski definition) is 1. The molecule has 0 saturated heterocycles. The molecule has 0 aliphatic heterocycles. The van der Waals surface area contributed by atoms with Crippen molar-refractivity contribution in [1.82, 2.24) is 4.42 Å². The highest BCUT2D eigenvalue weighted by Crippen LogP contribution is 2.07. The third-order valence-electron chi connectivity index (χ3n) is 1.63. The zero-order chi connectivity index (χ0) is 11.3. The first kappa shape index (κ1) is 14.5. The number of rotatable bonds is 2. The molecule has 0 amide bonds. The van der Waals surface area contributed by atoms with E-state index in [1.54, 1.807) is 0 Å². The van der Waals surface area contributed by atoms with Gasteiger partial charge >= 0.3 is 0 Å². The van der Waals surface area contributed by atoms with E-state index in [-0.39, 0.29) is 24.3 Å². The second-order valence-corrected chi connectivity index (χ2v) is 3.27. The van der Waals surface area contributed by atoms with E-state index in [9.17, 15) is 0 Å². The van der Waals surface area contributed by atoms with E-state index in [1.807, 2.05) is 30.3 Å². The van der Waals surface area contributed by atoms with E-state index in [4.69, 9.17) is 28.7 Å². The summed E-state index contributed by atoms with van der Waals surface area (Å²) >= 11 is 5.80. The van der Waals surface area contributed by atoms with E-state index in [0.717, 1.165) is 9.98 Å². The Morgan fingerprint density at radius 2 is 1.88 bits per heavy atom. The predicted octanol–water partition coefficient (Wildman–Crippen LogP) is 1.27. The normalized spacial score (nSPS) is 8.81. The Balaban J connectivity index is 0.00000225. The van der Waals surface area contributed by atoms with Gasteiger partial charge in [0.1, 0.15) is 0 Å². The Labute approximate surface area is 105 Å². The fraction of sp³-hybridized carbons (Fsp3) is 0.111. The zero-order valence-corrected chi connectivity index (χ0v) is 10.0. The molecule has 0 unspecified atom stereocenters. The Kier molecular flexibility index (Phi) is 6.29. The van der Waals surface area contributed by atoms with Crippen molar-refractivity contribution in [2.45, 2.75) is 6.54 Å². The summed E-state index contributed by atoms with van der Waals surface area (Å²) in [5.74, 6) is -0.362. The molecule has 88 valence electrons. The number of benzene rings is 1. The third kappa shape index (κ3) is 4.86. The first-order valence-corrected chi connectivity index (χ1v) is 4.59. The van der Waals surface area contributed by atoms with Gasteiger partial charge in [0, 0.05) is 11.8 Å². The molecule has 1 aromatic carbocycles. The van der Waals surface area contributed by atoms with Crippen molar-refractivity contribution in [3.8, 4) is 0 Å². The van der Waals surface area contributed by atoms with Crippen LogP contribution in [0.15, 0.2) is 35.3 Å². The summed E-state index contributed by atoms with van der Waals surface area (Å²) in [6.07, 6.45) is 0. The summed E-state index contributed by atoms with van der Waals surface area (Å²) in [6.45, 7) is 0.373. The van der Waals surface area contributed by atoms with Crippen LogP contribution in [0.3, 0.4) is 0 Å². The average molecular weight is 262 g/mol. The summed E-state index contributed by atoms with van der Waals surface area (Å²) in [5, 5.41) is 7.42. The van der Waals surface area contributed by atoms with Crippen LogP contribution in [0.25, 0.3) is 0 Å². The molecule has 0 bridgehead atoms. The maximum Gasteiger partial charge on any atom is 0.236 e. The van der Waals surface area contributed by atoms with Gasteiger partial charge in [-0.2, -0.15) is 4.99 Å². The lowest BCUT2D eigenvalue weighted by molar-refractivity contribution is 0.640. The molecule has 7 heteroatoms. The molecule has 1 rings (SSSR count). The molecule has 0 spiro atoms. The first-order chi connectivity index (χ1) is 7.09. The number of guanidine groups is 2. The van der Waals surface area contributed by atoms with Gasteiger partial charge in [-0.25, -0.2) is 4.42 Å². The van der Waals surface area contributed by atoms with Crippen LogP contribution in [0.4, 0.5) is 0 Å². The number of nitrogens with one attached hydrogen (secondary N) is 1. The van der Waals surface area contributed by atoms with Crippen LogP contribution in [0, 0.1) is 5.41 Å². The molecule has 0 saturated carbocycles. The van der Waals surface area contributed by atoms with Crippen LogP contribution in [-0.4, -0.2) is 16.3 Å². The van der Waals surface area contributed by atoms with E-state index in [0.29, 0.717) is 6.54 Å². The van der Waals surface area contributed by atoms with Crippen molar-refractivity contribution in [3.63, 3.8) is 0 Å². The summed E-state index contributed by atoms with van der Waals surface area (Å²) in [7, 11) is 0. The minimum Gasteiger partial charge on any atom is -0.370 e. The van der Waals surface area contributed by atoms with Crippen molar-refractivity contribution in [3.05, 3.63) is 35.9 Å².